The molecule has 1 aromatic carbocycles. The summed E-state index contributed by atoms with van der Waals surface area (Å²) in [7, 11) is 0. The van der Waals surface area contributed by atoms with Gasteiger partial charge in [0.1, 0.15) is 11.5 Å². The van der Waals surface area contributed by atoms with Crippen LogP contribution in [0.5, 0.6) is 11.5 Å². The van der Waals surface area contributed by atoms with E-state index in [-0.39, 0.29) is 11.5 Å². The topological polar surface area (TPSA) is 60.7 Å². The lowest BCUT2D eigenvalue weighted by Gasteiger charge is -2.15. The van der Waals surface area contributed by atoms with E-state index in [9.17, 15) is 15.3 Å². The molecule has 3 N–H and O–H groups in total. The van der Waals surface area contributed by atoms with Crippen LogP contribution >= 0.6 is 0 Å². The fourth-order valence-corrected chi connectivity index (χ4v) is 2.48. The van der Waals surface area contributed by atoms with E-state index < -0.39 is 6.10 Å². The number of unbranched alkanes of at least 4 members (excludes halogenated alkanes) is 3. The van der Waals surface area contributed by atoms with Gasteiger partial charge in [-0.05, 0) is 36.5 Å². The Labute approximate surface area is 122 Å². The molecule has 0 aliphatic heterocycles. The molecule has 0 saturated heterocycles. The van der Waals surface area contributed by atoms with Gasteiger partial charge in [-0.15, -0.1) is 0 Å². The molecule has 0 unspecified atom stereocenters. The quantitative estimate of drug-likeness (QED) is 0.583. The third kappa shape index (κ3) is 6.29. The highest BCUT2D eigenvalue weighted by atomic mass is 16.3. The van der Waals surface area contributed by atoms with Crippen molar-refractivity contribution in [3.8, 4) is 11.5 Å². The van der Waals surface area contributed by atoms with Crippen LogP contribution in [0.25, 0.3) is 0 Å². The number of hydrogen-bond acceptors (Lipinski definition) is 3. The minimum Gasteiger partial charge on any atom is -0.508 e. The first-order valence-electron chi connectivity index (χ1n) is 7.74. The number of phenols is 2. The minimum absolute atomic E-state index is 0.00772. The van der Waals surface area contributed by atoms with E-state index in [1.54, 1.807) is 0 Å². The molecule has 0 fully saturated rings. The van der Waals surface area contributed by atoms with Crippen LogP contribution in [0.3, 0.4) is 0 Å². The molecular formula is C17H28O3. The Morgan fingerprint density at radius 3 is 2.15 bits per heavy atom. The Bertz CT molecular complexity index is 370. The molecule has 0 spiro atoms. The Morgan fingerprint density at radius 1 is 0.900 bits per heavy atom. The van der Waals surface area contributed by atoms with Crippen LogP contribution in [-0.2, 0) is 0 Å². The molecule has 2 atom stereocenters. The average molecular weight is 280 g/mol. The van der Waals surface area contributed by atoms with E-state index in [0.717, 1.165) is 6.42 Å². The first-order valence-corrected chi connectivity index (χ1v) is 7.74. The van der Waals surface area contributed by atoms with Gasteiger partial charge in [0.05, 0.1) is 6.10 Å². The van der Waals surface area contributed by atoms with Gasteiger partial charge in [-0.25, -0.2) is 0 Å². The van der Waals surface area contributed by atoms with Crippen LogP contribution in [-0.4, -0.2) is 15.3 Å². The van der Waals surface area contributed by atoms with Crippen molar-refractivity contribution in [3.05, 3.63) is 23.8 Å². The second-order valence-electron chi connectivity index (χ2n) is 5.83. The minimum atomic E-state index is -0.619. The lowest BCUT2D eigenvalue weighted by molar-refractivity contribution is 0.156. The van der Waals surface area contributed by atoms with E-state index in [1.165, 1.54) is 50.3 Å². The van der Waals surface area contributed by atoms with Gasteiger partial charge in [0.15, 0.2) is 0 Å². The summed E-state index contributed by atoms with van der Waals surface area (Å²) in [5, 5.41) is 28.9. The number of rotatable bonds is 9. The second-order valence-corrected chi connectivity index (χ2v) is 5.83. The van der Waals surface area contributed by atoms with Gasteiger partial charge in [0.2, 0.25) is 0 Å². The lowest BCUT2D eigenvalue weighted by atomic mass is 9.94. The number of benzene rings is 1. The number of aliphatic hydroxyl groups is 1. The van der Waals surface area contributed by atoms with Gasteiger partial charge < -0.3 is 15.3 Å². The van der Waals surface area contributed by atoms with E-state index in [1.807, 2.05) is 0 Å². The zero-order chi connectivity index (χ0) is 15.0. The Kier molecular flexibility index (Phi) is 7.45. The van der Waals surface area contributed by atoms with Crippen molar-refractivity contribution in [3.63, 3.8) is 0 Å². The summed E-state index contributed by atoms with van der Waals surface area (Å²) in [6.45, 7) is 4.43. The Hall–Kier alpha value is -1.22. The largest absolute Gasteiger partial charge is 0.508 e. The number of hydrogen-bond donors (Lipinski definition) is 3. The molecular weight excluding hydrogens is 252 g/mol. The SMILES string of the molecule is CCCCCC[C@H](C)CC[C@H](O)c1cc(O)cc(O)c1. The summed E-state index contributed by atoms with van der Waals surface area (Å²) in [5.74, 6) is 0.589. The lowest BCUT2D eigenvalue weighted by Crippen LogP contribution is -2.02. The van der Waals surface area contributed by atoms with Crippen LogP contribution in [0.1, 0.15) is 70.5 Å². The fraction of sp³-hybridized carbons (Fsp3) is 0.647. The van der Waals surface area contributed by atoms with Crippen molar-refractivity contribution in [2.24, 2.45) is 5.92 Å². The molecule has 0 radical (unpaired) electrons. The molecule has 0 saturated carbocycles. The van der Waals surface area contributed by atoms with Crippen molar-refractivity contribution in [1.82, 2.24) is 0 Å². The summed E-state index contributed by atoms with van der Waals surface area (Å²) < 4.78 is 0. The average Bonchev–Trinajstić information content (AvgIpc) is 2.40. The number of phenolic OH excluding ortho intramolecular Hbond substituents is 2. The normalized spacial score (nSPS) is 14.2. The van der Waals surface area contributed by atoms with Crippen LogP contribution in [0.15, 0.2) is 18.2 Å². The molecule has 0 aromatic heterocycles. The first kappa shape index (κ1) is 16.8. The van der Waals surface area contributed by atoms with Gasteiger partial charge in [-0.3, -0.25) is 0 Å². The summed E-state index contributed by atoms with van der Waals surface area (Å²) in [4.78, 5) is 0. The Balaban J connectivity index is 2.33. The molecule has 20 heavy (non-hydrogen) atoms. The molecule has 0 amide bonds. The molecule has 3 heteroatoms. The zero-order valence-electron chi connectivity index (χ0n) is 12.7. The van der Waals surface area contributed by atoms with Crippen molar-refractivity contribution in [2.75, 3.05) is 0 Å². The van der Waals surface area contributed by atoms with Gasteiger partial charge in [0.25, 0.3) is 0 Å². The molecule has 114 valence electrons. The van der Waals surface area contributed by atoms with Crippen LogP contribution < -0.4 is 0 Å². The van der Waals surface area contributed by atoms with Gasteiger partial charge in [0, 0.05) is 6.07 Å². The van der Waals surface area contributed by atoms with Crippen molar-refractivity contribution >= 4 is 0 Å². The van der Waals surface area contributed by atoms with E-state index in [4.69, 9.17) is 0 Å². The summed E-state index contributed by atoms with van der Waals surface area (Å²) >= 11 is 0. The van der Waals surface area contributed by atoms with Crippen molar-refractivity contribution < 1.29 is 15.3 Å². The highest BCUT2D eigenvalue weighted by molar-refractivity contribution is 5.37. The first-order chi connectivity index (χ1) is 9.52. The summed E-state index contributed by atoms with van der Waals surface area (Å²) in [6, 6.07) is 4.29. The van der Waals surface area contributed by atoms with Crippen LogP contribution in [0.4, 0.5) is 0 Å². The third-order valence-corrected chi connectivity index (χ3v) is 3.79. The van der Waals surface area contributed by atoms with E-state index in [0.29, 0.717) is 17.9 Å². The molecule has 1 aromatic rings. The predicted molar refractivity (Wildman–Crippen MR) is 81.9 cm³/mol. The highest BCUT2D eigenvalue weighted by Gasteiger charge is 2.12. The monoisotopic (exact) mass is 280 g/mol. The maximum atomic E-state index is 10.1. The van der Waals surface area contributed by atoms with Crippen LogP contribution in [0, 0.1) is 5.92 Å². The predicted octanol–water partition coefficient (Wildman–Crippen LogP) is 4.52. The van der Waals surface area contributed by atoms with Crippen molar-refractivity contribution in [1.29, 1.82) is 0 Å². The highest BCUT2D eigenvalue weighted by Crippen LogP contribution is 2.28. The van der Waals surface area contributed by atoms with Crippen molar-refractivity contribution in [2.45, 2.75) is 64.9 Å². The molecule has 0 aliphatic rings. The van der Waals surface area contributed by atoms with Gasteiger partial charge in [-0.1, -0.05) is 46.0 Å². The molecule has 0 bridgehead atoms. The molecule has 0 aliphatic carbocycles. The van der Waals surface area contributed by atoms with E-state index in [2.05, 4.69) is 13.8 Å². The number of aliphatic hydroxyl groups excluding tert-OH is 1. The second kappa shape index (κ2) is 8.85. The maximum absolute atomic E-state index is 10.1. The van der Waals surface area contributed by atoms with E-state index >= 15 is 0 Å². The third-order valence-electron chi connectivity index (χ3n) is 3.79. The molecule has 1 rings (SSSR count). The molecule has 0 heterocycles. The summed E-state index contributed by atoms with van der Waals surface area (Å²) in [5.41, 5.74) is 0.584. The van der Waals surface area contributed by atoms with Gasteiger partial charge >= 0.3 is 0 Å². The molecule has 3 nitrogen and oxygen atoms in total. The fourth-order valence-electron chi connectivity index (χ4n) is 2.48. The maximum Gasteiger partial charge on any atom is 0.119 e. The van der Waals surface area contributed by atoms with Gasteiger partial charge in [-0.2, -0.15) is 0 Å². The summed E-state index contributed by atoms with van der Waals surface area (Å²) in [6.07, 6.45) is 7.33. The standard InChI is InChI=1S/C17H28O3/c1-3-4-5-6-7-13(2)8-9-17(20)14-10-15(18)12-16(19)11-14/h10-13,17-20H,3-9H2,1-2H3/t13-,17-/m0/s1. The number of aromatic hydroxyl groups is 2. The van der Waals surface area contributed by atoms with Crippen LogP contribution in [0.2, 0.25) is 0 Å². The Morgan fingerprint density at radius 2 is 1.55 bits per heavy atom. The zero-order valence-corrected chi connectivity index (χ0v) is 12.7. The smallest absolute Gasteiger partial charge is 0.119 e.